The van der Waals surface area contributed by atoms with Gasteiger partial charge in [-0.1, -0.05) is 18.5 Å². The van der Waals surface area contributed by atoms with Gasteiger partial charge >= 0.3 is 5.69 Å². The maximum atomic E-state index is 11.0. The van der Waals surface area contributed by atoms with Crippen molar-refractivity contribution in [3.8, 4) is 0 Å². The number of halogens is 1. The Morgan fingerprint density at radius 3 is 2.89 bits per heavy atom. The SMILES string of the molecule is CC1(CNc2ncc(Cl)cc2[N+](=O)[O-])CCNCC1. The standard InChI is InChI=1S/C12H17ClN4O2/c1-12(2-4-14-5-3-12)8-16-11-10(17(18)19)6-9(13)7-15-11/h6-7,14H,2-5,8H2,1H3,(H,15,16). The average molecular weight is 285 g/mol. The van der Waals surface area contributed by atoms with Crippen LogP contribution in [0.2, 0.25) is 5.02 Å². The normalized spacial score (nSPS) is 18.0. The lowest BCUT2D eigenvalue weighted by atomic mass is 9.81. The third-order valence-electron chi connectivity index (χ3n) is 3.52. The van der Waals surface area contributed by atoms with Crippen LogP contribution in [0.15, 0.2) is 12.3 Å². The van der Waals surface area contributed by atoms with Gasteiger partial charge in [-0.15, -0.1) is 0 Å². The van der Waals surface area contributed by atoms with Crippen LogP contribution in [0.4, 0.5) is 11.5 Å². The van der Waals surface area contributed by atoms with Gasteiger partial charge in [0.2, 0.25) is 5.82 Å². The number of hydrogen-bond acceptors (Lipinski definition) is 5. The van der Waals surface area contributed by atoms with E-state index in [2.05, 4.69) is 22.5 Å². The van der Waals surface area contributed by atoms with E-state index in [1.807, 2.05) is 0 Å². The van der Waals surface area contributed by atoms with Gasteiger partial charge in [0.1, 0.15) is 0 Å². The fraction of sp³-hybridized carbons (Fsp3) is 0.583. The van der Waals surface area contributed by atoms with Crippen molar-refractivity contribution in [1.29, 1.82) is 0 Å². The third-order valence-corrected chi connectivity index (χ3v) is 3.73. The Labute approximate surface area is 116 Å². The summed E-state index contributed by atoms with van der Waals surface area (Å²) in [6, 6.07) is 1.32. The number of nitrogens with zero attached hydrogens (tertiary/aromatic N) is 2. The van der Waals surface area contributed by atoms with Crippen molar-refractivity contribution >= 4 is 23.1 Å². The van der Waals surface area contributed by atoms with Gasteiger partial charge in [-0.05, 0) is 31.3 Å². The number of aromatic nitrogens is 1. The molecular formula is C12H17ClN4O2. The first-order valence-electron chi connectivity index (χ1n) is 6.25. The number of hydrogen-bond donors (Lipinski definition) is 2. The second-order valence-corrected chi connectivity index (χ2v) is 5.63. The van der Waals surface area contributed by atoms with Crippen LogP contribution in [0, 0.1) is 15.5 Å². The number of pyridine rings is 1. The van der Waals surface area contributed by atoms with E-state index in [0.717, 1.165) is 25.9 Å². The summed E-state index contributed by atoms with van der Waals surface area (Å²) in [7, 11) is 0. The van der Waals surface area contributed by atoms with E-state index < -0.39 is 4.92 Å². The molecule has 0 bridgehead atoms. The Balaban J connectivity index is 2.08. The Bertz CT molecular complexity index is 475. The monoisotopic (exact) mass is 284 g/mol. The molecule has 0 atom stereocenters. The van der Waals surface area contributed by atoms with Gasteiger partial charge in [0.25, 0.3) is 0 Å². The molecule has 0 radical (unpaired) electrons. The summed E-state index contributed by atoms with van der Waals surface area (Å²) in [6.07, 6.45) is 3.50. The predicted octanol–water partition coefficient (Wildman–Crippen LogP) is 2.44. The molecule has 1 saturated heterocycles. The molecule has 1 aliphatic heterocycles. The molecule has 0 unspecified atom stereocenters. The van der Waals surface area contributed by atoms with Gasteiger partial charge in [0.05, 0.1) is 9.95 Å². The zero-order valence-corrected chi connectivity index (χ0v) is 11.5. The minimum atomic E-state index is -0.466. The maximum absolute atomic E-state index is 11.0. The molecule has 1 fully saturated rings. The first kappa shape index (κ1) is 14.0. The van der Waals surface area contributed by atoms with E-state index in [1.165, 1.54) is 12.3 Å². The Morgan fingerprint density at radius 2 is 2.26 bits per heavy atom. The van der Waals surface area contributed by atoms with Crippen LogP contribution in [0.1, 0.15) is 19.8 Å². The molecular weight excluding hydrogens is 268 g/mol. The molecule has 0 amide bonds. The van der Waals surface area contributed by atoms with E-state index in [-0.39, 0.29) is 21.9 Å². The molecule has 2 heterocycles. The first-order chi connectivity index (χ1) is 9.00. The lowest BCUT2D eigenvalue weighted by Crippen LogP contribution is -2.39. The highest BCUT2D eigenvalue weighted by Crippen LogP contribution is 2.30. The second-order valence-electron chi connectivity index (χ2n) is 5.19. The van der Waals surface area contributed by atoms with Gasteiger partial charge in [0, 0.05) is 18.8 Å². The third kappa shape index (κ3) is 3.54. The number of rotatable bonds is 4. The highest BCUT2D eigenvalue weighted by molar-refractivity contribution is 6.30. The molecule has 1 aliphatic rings. The fourth-order valence-corrected chi connectivity index (χ4v) is 2.36. The van der Waals surface area contributed by atoms with Crippen LogP contribution < -0.4 is 10.6 Å². The summed E-state index contributed by atoms with van der Waals surface area (Å²) in [4.78, 5) is 14.5. The van der Waals surface area contributed by atoms with Gasteiger partial charge in [0.15, 0.2) is 0 Å². The van der Waals surface area contributed by atoms with Crippen LogP contribution >= 0.6 is 11.6 Å². The smallest absolute Gasteiger partial charge is 0.312 e. The molecule has 0 aromatic carbocycles. The number of nitro groups is 1. The molecule has 104 valence electrons. The highest BCUT2D eigenvalue weighted by Gasteiger charge is 2.27. The summed E-state index contributed by atoms with van der Waals surface area (Å²) >= 11 is 5.73. The van der Waals surface area contributed by atoms with Gasteiger partial charge in [-0.3, -0.25) is 10.1 Å². The summed E-state index contributed by atoms with van der Waals surface area (Å²) in [6.45, 7) is 4.81. The number of nitrogens with one attached hydrogen (secondary N) is 2. The summed E-state index contributed by atoms with van der Waals surface area (Å²) in [5, 5.41) is 17.6. The molecule has 7 heteroatoms. The zero-order chi connectivity index (χ0) is 13.9. The fourth-order valence-electron chi connectivity index (χ4n) is 2.21. The Hall–Kier alpha value is -1.40. The molecule has 19 heavy (non-hydrogen) atoms. The Morgan fingerprint density at radius 1 is 1.58 bits per heavy atom. The van der Waals surface area contributed by atoms with Crippen molar-refractivity contribution in [2.45, 2.75) is 19.8 Å². The largest absolute Gasteiger partial charge is 0.364 e. The maximum Gasteiger partial charge on any atom is 0.312 e. The lowest BCUT2D eigenvalue weighted by Gasteiger charge is -2.34. The van der Waals surface area contributed by atoms with Crippen LogP contribution in [0.5, 0.6) is 0 Å². The molecule has 1 aromatic rings. The number of piperidine rings is 1. The van der Waals surface area contributed by atoms with Crippen LogP contribution in [-0.4, -0.2) is 29.5 Å². The molecule has 1 aromatic heterocycles. The molecule has 2 rings (SSSR count). The van der Waals surface area contributed by atoms with Crippen molar-refractivity contribution in [2.75, 3.05) is 25.0 Å². The van der Waals surface area contributed by atoms with Gasteiger partial charge < -0.3 is 10.6 Å². The Kier molecular flexibility index (Phi) is 4.21. The van der Waals surface area contributed by atoms with Crippen molar-refractivity contribution in [3.63, 3.8) is 0 Å². The predicted molar refractivity (Wildman–Crippen MR) is 74.6 cm³/mol. The quantitative estimate of drug-likeness (QED) is 0.656. The van der Waals surface area contributed by atoms with E-state index in [4.69, 9.17) is 11.6 Å². The first-order valence-corrected chi connectivity index (χ1v) is 6.62. The molecule has 0 saturated carbocycles. The van der Waals surface area contributed by atoms with E-state index in [9.17, 15) is 10.1 Å². The van der Waals surface area contributed by atoms with Crippen LogP contribution in [0.25, 0.3) is 0 Å². The van der Waals surface area contributed by atoms with Crippen molar-refractivity contribution < 1.29 is 4.92 Å². The molecule has 2 N–H and O–H groups in total. The second kappa shape index (κ2) is 5.71. The summed E-state index contributed by atoms with van der Waals surface area (Å²) in [5.74, 6) is 0.286. The summed E-state index contributed by atoms with van der Waals surface area (Å²) < 4.78 is 0. The van der Waals surface area contributed by atoms with E-state index in [1.54, 1.807) is 0 Å². The molecule has 6 nitrogen and oxygen atoms in total. The number of anilines is 1. The van der Waals surface area contributed by atoms with E-state index in [0.29, 0.717) is 6.54 Å². The molecule has 0 spiro atoms. The average Bonchev–Trinajstić information content (AvgIpc) is 2.38. The minimum Gasteiger partial charge on any atom is -0.364 e. The topological polar surface area (TPSA) is 80.1 Å². The van der Waals surface area contributed by atoms with Crippen molar-refractivity contribution in [3.05, 3.63) is 27.4 Å². The zero-order valence-electron chi connectivity index (χ0n) is 10.8. The molecule has 0 aliphatic carbocycles. The van der Waals surface area contributed by atoms with Gasteiger partial charge in [-0.25, -0.2) is 4.98 Å². The van der Waals surface area contributed by atoms with Crippen molar-refractivity contribution in [1.82, 2.24) is 10.3 Å². The van der Waals surface area contributed by atoms with Gasteiger partial charge in [-0.2, -0.15) is 0 Å². The summed E-state index contributed by atoms with van der Waals surface area (Å²) in [5.41, 5.74) is 0.0606. The van der Waals surface area contributed by atoms with Crippen LogP contribution in [0.3, 0.4) is 0 Å². The highest BCUT2D eigenvalue weighted by atomic mass is 35.5. The minimum absolute atomic E-state index is 0.0787. The lowest BCUT2D eigenvalue weighted by molar-refractivity contribution is -0.384. The van der Waals surface area contributed by atoms with Crippen molar-refractivity contribution in [2.24, 2.45) is 5.41 Å². The van der Waals surface area contributed by atoms with Crippen LogP contribution in [-0.2, 0) is 0 Å². The van der Waals surface area contributed by atoms with E-state index >= 15 is 0 Å².